The molecule has 4 nitrogen and oxygen atoms in total. The average Bonchev–Trinajstić information content (AvgIpc) is 2.45. The van der Waals surface area contributed by atoms with Gasteiger partial charge in [-0.1, -0.05) is 30.4 Å². The summed E-state index contributed by atoms with van der Waals surface area (Å²) >= 11 is 0. The molecule has 2 rings (SSSR count). The van der Waals surface area contributed by atoms with Crippen molar-refractivity contribution in [2.24, 2.45) is 0 Å². The molecule has 0 heterocycles. The second kappa shape index (κ2) is 6.28. The molecule has 0 fully saturated rings. The highest BCUT2D eigenvalue weighted by atomic mass is 16.5. The van der Waals surface area contributed by atoms with Crippen LogP contribution in [0.15, 0.2) is 42.5 Å². The van der Waals surface area contributed by atoms with Crippen LogP contribution < -0.4 is 10.2 Å². The minimum Gasteiger partial charge on any atom is -0.508 e. The van der Waals surface area contributed by atoms with Crippen LogP contribution in [-0.2, 0) is 0 Å². The summed E-state index contributed by atoms with van der Waals surface area (Å²) in [5.41, 5.74) is 1.91. The van der Waals surface area contributed by atoms with E-state index in [1.807, 2.05) is 30.3 Å². The van der Waals surface area contributed by atoms with Gasteiger partial charge in [0.1, 0.15) is 11.5 Å². The molecule has 0 saturated carbocycles. The van der Waals surface area contributed by atoms with Gasteiger partial charge in [0.05, 0.1) is 7.11 Å². The van der Waals surface area contributed by atoms with E-state index in [-0.39, 0.29) is 11.2 Å². The maximum atomic E-state index is 9.54. The Hall–Kier alpha value is -2.24. The van der Waals surface area contributed by atoms with E-state index in [1.165, 1.54) is 6.07 Å². The zero-order chi connectivity index (χ0) is 14.5. The van der Waals surface area contributed by atoms with Crippen molar-refractivity contribution in [2.45, 2.75) is 0 Å². The molecular weight excluding hydrogens is 255 g/mol. The van der Waals surface area contributed by atoms with E-state index in [2.05, 4.69) is 0 Å². The number of rotatable bonds is 4. The molecule has 3 N–H and O–H groups in total. The third-order valence-electron chi connectivity index (χ3n) is 2.84. The first-order chi connectivity index (χ1) is 9.58. The van der Waals surface area contributed by atoms with Gasteiger partial charge >= 0.3 is 7.12 Å². The van der Waals surface area contributed by atoms with E-state index in [1.54, 1.807) is 25.3 Å². The molecular formula is C15H15BO4. The highest BCUT2D eigenvalue weighted by Gasteiger charge is 2.12. The summed E-state index contributed by atoms with van der Waals surface area (Å²) in [4.78, 5) is 0. The van der Waals surface area contributed by atoms with Crippen LogP contribution in [0.2, 0.25) is 0 Å². The van der Waals surface area contributed by atoms with Gasteiger partial charge < -0.3 is 19.9 Å². The molecule has 0 unspecified atom stereocenters. The number of aromatic hydroxyl groups is 1. The molecule has 0 bridgehead atoms. The molecule has 102 valence electrons. The van der Waals surface area contributed by atoms with Crippen LogP contribution in [0.3, 0.4) is 0 Å². The van der Waals surface area contributed by atoms with Crippen LogP contribution in [0.4, 0.5) is 0 Å². The lowest BCUT2D eigenvalue weighted by atomic mass is 9.79. The molecule has 0 aromatic heterocycles. The summed E-state index contributed by atoms with van der Waals surface area (Å²) in [5.74, 6) is 0.773. The lowest BCUT2D eigenvalue weighted by Gasteiger charge is -2.03. The van der Waals surface area contributed by atoms with Crippen molar-refractivity contribution in [1.29, 1.82) is 0 Å². The lowest BCUT2D eigenvalue weighted by Crippen LogP contribution is -2.29. The second-order valence-electron chi connectivity index (χ2n) is 4.34. The van der Waals surface area contributed by atoms with Crippen LogP contribution in [0.25, 0.3) is 12.2 Å². The van der Waals surface area contributed by atoms with Gasteiger partial charge in [0.2, 0.25) is 0 Å². The predicted octanol–water partition coefficient (Wildman–Crippen LogP) is 1.25. The number of hydrogen-bond donors (Lipinski definition) is 3. The standard InChI is InChI=1S/C15H15BO4/c1-20-15-6-4-11(5-7-15)2-3-12-8-13(16(18)19)10-14(17)9-12/h2-10,17-19H,1H3/b3-2+. The molecule has 2 aromatic rings. The fourth-order valence-corrected chi connectivity index (χ4v) is 1.81. The van der Waals surface area contributed by atoms with Gasteiger partial charge in [0.25, 0.3) is 0 Å². The Morgan fingerprint density at radius 1 is 0.950 bits per heavy atom. The number of benzene rings is 2. The third kappa shape index (κ3) is 3.63. The van der Waals surface area contributed by atoms with E-state index in [4.69, 9.17) is 14.8 Å². The van der Waals surface area contributed by atoms with Crippen LogP contribution in [-0.4, -0.2) is 29.4 Å². The Balaban J connectivity index is 2.21. The molecule has 0 aliphatic rings. The van der Waals surface area contributed by atoms with Gasteiger partial charge in [-0.15, -0.1) is 0 Å². The zero-order valence-corrected chi connectivity index (χ0v) is 11.0. The Labute approximate surface area is 117 Å². The molecule has 0 saturated heterocycles. The summed E-state index contributed by atoms with van der Waals surface area (Å²) in [6, 6.07) is 12.0. The van der Waals surface area contributed by atoms with E-state index in [0.717, 1.165) is 11.3 Å². The first-order valence-corrected chi connectivity index (χ1v) is 6.11. The summed E-state index contributed by atoms with van der Waals surface area (Å²) in [6.45, 7) is 0. The Kier molecular flexibility index (Phi) is 4.45. The smallest absolute Gasteiger partial charge is 0.488 e. The largest absolute Gasteiger partial charge is 0.508 e. The average molecular weight is 270 g/mol. The van der Waals surface area contributed by atoms with Crippen LogP contribution >= 0.6 is 0 Å². The van der Waals surface area contributed by atoms with Gasteiger partial charge in [-0.25, -0.2) is 0 Å². The first kappa shape index (κ1) is 14.2. The minimum atomic E-state index is -1.60. The van der Waals surface area contributed by atoms with E-state index in [9.17, 15) is 5.11 Å². The van der Waals surface area contributed by atoms with Crippen molar-refractivity contribution in [3.63, 3.8) is 0 Å². The van der Waals surface area contributed by atoms with Crippen molar-refractivity contribution in [1.82, 2.24) is 0 Å². The van der Waals surface area contributed by atoms with Crippen molar-refractivity contribution in [3.05, 3.63) is 53.6 Å². The summed E-state index contributed by atoms with van der Waals surface area (Å²) in [6.07, 6.45) is 3.65. The Morgan fingerprint density at radius 3 is 2.20 bits per heavy atom. The third-order valence-corrected chi connectivity index (χ3v) is 2.84. The fraction of sp³-hybridized carbons (Fsp3) is 0.0667. The summed E-state index contributed by atoms with van der Waals surface area (Å²) in [5, 5.41) is 27.8. The molecule has 5 heteroatoms. The number of hydrogen-bond acceptors (Lipinski definition) is 4. The molecule has 0 amide bonds. The van der Waals surface area contributed by atoms with E-state index < -0.39 is 7.12 Å². The van der Waals surface area contributed by atoms with Crippen molar-refractivity contribution in [3.8, 4) is 11.5 Å². The maximum Gasteiger partial charge on any atom is 0.488 e. The predicted molar refractivity (Wildman–Crippen MR) is 79.9 cm³/mol. The molecule has 20 heavy (non-hydrogen) atoms. The van der Waals surface area contributed by atoms with Gasteiger partial charge in [-0.3, -0.25) is 0 Å². The quantitative estimate of drug-likeness (QED) is 0.577. The first-order valence-electron chi connectivity index (χ1n) is 6.11. The lowest BCUT2D eigenvalue weighted by molar-refractivity contribution is 0.415. The van der Waals surface area contributed by atoms with Crippen LogP contribution in [0, 0.1) is 0 Å². The molecule has 0 spiro atoms. The molecule has 0 aliphatic carbocycles. The second-order valence-corrected chi connectivity index (χ2v) is 4.34. The fourth-order valence-electron chi connectivity index (χ4n) is 1.81. The normalized spacial score (nSPS) is 10.8. The van der Waals surface area contributed by atoms with Gasteiger partial charge in [-0.2, -0.15) is 0 Å². The highest BCUT2D eigenvalue weighted by Crippen LogP contribution is 2.16. The summed E-state index contributed by atoms with van der Waals surface area (Å²) < 4.78 is 5.08. The Morgan fingerprint density at radius 2 is 1.60 bits per heavy atom. The van der Waals surface area contributed by atoms with Gasteiger partial charge in [0.15, 0.2) is 0 Å². The van der Waals surface area contributed by atoms with E-state index >= 15 is 0 Å². The topological polar surface area (TPSA) is 69.9 Å². The minimum absolute atomic E-state index is 0.00928. The van der Waals surface area contributed by atoms with E-state index in [0.29, 0.717) is 5.56 Å². The van der Waals surface area contributed by atoms with Gasteiger partial charge in [-0.05, 0) is 40.9 Å². The maximum absolute atomic E-state index is 9.54. The number of ether oxygens (including phenoxy) is 1. The molecule has 0 radical (unpaired) electrons. The summed E-state index contributed by atoms with van der Waals surface area (Å²) in [7, 11) is 0.00880. The Bertz CT molecular complexity index is 606. The monoisotopic (exact) mass is 270 g/mol. The number of methoxy groups -OCH3 is 1. The number of phenols is 1. The molecule has 2 aromatic carbocycles. The molecule has 0 atom stereocenters. The van der Waals surface area contributed by atoms with Gasteiger partial charge in [0, 0.05) is 0 Å². The van der Waals surface area contributed by atoms with Crippen molar-refractivity contribution in [2.75, 3.05) is 7.11 Å². The SMILES string of the molecule is COc1ccc(/C=C/c2cc(O)cc(B(O)O)c2)cc1. The van der Waals surface area contributed by atoms with Crippen LogP contribution in [0.5, 0.6) is 11.5 Å². The zero-order valence-electron chi connectivity index (χ0n) is 11.0. The molecule has 0 aliphatic heterocycles. The van der Waals surface area contributed by atoms with Crippen LogP contribution in [0.1, 0.15) is 11.1 Å². The highest BCUT2D eigenvalue weighted by molar-refractivity contribution is 6.58. The van der Waals surface area contributed by atoms with Crippen molar-refractivity contribution >= 4 is 24.7 Å². The number of phenolic OH excluding ortho intramolecular Hbond substituents is 1. The van der Waals surface area contributed by atoms with Crippen molar-refractivity contribution < 1.29 is 19.9 Å².